The van der Waals surface area contributed by atoms with Crippen molar-refractivity contribution in [2.24, 2.45) is 11.8 Å². The van der Waals surface area contributed by atoms with Crippen LogP contribution in [0.5, 0.6) is 11.5 Å². The molecule has 4 heterocycles. The number of ether oxygens (including phenoxy) is 2. The van der Waals surface area contributed by atoms with Gasteiger partial charge < -0.3 is 14.6 Å². The van der Waals surface area contributed by atoms with E-state index in [2.05, 4.69) is 75.9 Å². The molecule has 338 valence electrons. The van der Waals surface area contributed by atoms with Crippen LogP contribution in [0.3, 0.4) is 0 Å². The third-order valence-corrected chi connectivity index (χ3v) is 14.2. The molecule has 0 aliphatic heterocycles. The van der Waals surface area contributed by atoms with Gasteiger partial charge in [-0.05, 0) is 97.8 Å². The lowest BCUT2D eigenvalue weighted by Gasteiger charge is -2.22. The van der Waals surface area contributed by atoms with E-state index in [1.807, 2.05) is 24.3 Å². The molecule has 0 aliphatic rings. The molecule has 7 rings (SSSR count). The molecule has 0 saturated heterocycles. The van der Waals surface area contributed by atoms with E-state index >= 15 is 0 Å². The van der Waals surface area contributed by atoms with Crippen molar-refractivity contribution in [1.82, 2.24) is 30.0 Å². The van der Waals surface area contributed by atoms with Crippen molar-refractivity contribution in [2.75, 3.05) is 11.5 Å². The normalized spacial score (nSPS) is 12.5. The zero-order valence-corrected chi connectivity index (χ0v) is 39.4. The van der Waals surface area contributed by atoms with Crippen LogP contribution in [0.15, 0.2) is 72.8 Å². The average molecular weight is 904 g/mol. The van der Waals surface area contributed by atoms with Crippen LogP contribution in [0, 0.1) is 11.8 Å². The Morgan fingerprint density at radius 2 is 1.20 bits per heavy atom. The van der Waals surface area contributed by atoms with E-state index < -0.39 is 5.97 Å². The summed E-state index contributed by atoms with van der Waals surface area (Å²) in [5.74, 6) is 1.03. The lowest BCUT2D eigenvalue weighted by atomic mass is 10.00. The Labute approximate surface area is 384 Å². The summed E-state index contributed by atoms with van der Waals surface area (Å²) in [6.07, 6.45) is 13.3. The molecule has 64 heavy (non-hydrogen) atoms. The number of nitrogens with zero attached hydrogens (tertiary/aromatic N) is 7. The largest absolute Gasteiger partial charge is 0.494 e. The Morgan fingerprint density at radius 3 is 1.75 bits per heavy atom. The zero-order valence-electron chi connectivity index (χ0n) is 37.8. The Kier molecular flexibility index (Phi) is 16.2. The van der Waals surface area contributed by atoms with Crippen LogP contribution >= 0.6 is 22.7 Å². The molecule has 3 aromatic carbocycles. The minimum atomic E-state index is -1.02. The van der Waals surface area contributed by atoms with Gasteiger partial charge in [0.1, 0.15) is 32.3 Å². The topological polar surface area (TPSA) is 137 Å². The Hall–Kier alpha value is -5.60. The number of anilines is 3. The predicted octanol–water partition coefficient (Wildman–Crippen LogP) is 13.7. The minimum absolute atomic E-state index is 0.144. The van der Waals surface area contributed by atoms with Gasteiger partial charge in [-0.3, -0.25) is 9.69 Å². The maximum atomic E-state index is 12.4. The molecule has 0 fully saturated rings. The van der Waals surface area contributed by atoms with Gasteiger partial charge in [-0.25, -0.2) is 4.79 Å². The zero-order chi connectivity index (χ0) is 45.0. The summed E-state index contributed by atoms with van der Waals surface area (Å²) >= 11 is 3.25. The number of aromatic carboxylic acids is 1. The summed E-state index contributed by atoms with van der Waals surface area (Å²) in [5.41, 5.74) is 5.06. The molecular formula is C50H61N7O5S2. The summed E-state index contributed by atoms with van der Waals surface area (Å²) in [6, 6.07) is 23.9. The van der Waals surface area contributed by atoms with Gasteiger partial charge in [-0.1, -0.05) is 98.5 Å². The quantitative estimate of drug-likeness (QED) is 0.0413. The summed E-state index contributed by atoms with van der Waals surface area (Å²) in [4.78, 5) is 31.6. The number of aromatic nitrogens is 6. The number of unbranched alkanes of at least 4 members (excludes halogenated alkanes) is 5. The molecule has 4 aromatic heterocycles. The van der Waals surface area contributed by atoms with Crippen molar-refractivity contribution < 1.29 is 24.2 Å². The molecule has 0 aliphatic carbocycles. The number of fused-ring (bicyclic) bond motifs is 2. The number of carbonyl (C=O) groups excluding carboxylic acids is 1. The van der Waals surface area contributed by atoms with Gasteiger partial charge in [-0.15, -0.1) is 27.8 Å². The van der Waals surface area contributed by atoms with Gasteiger partial charge in [-0.2, -0.15) is 24.9 Å². The monoisotopic (exact) mass is 903 g/mol. The maximum absolute atomic E-state index is 12.4. The fraction of sp³-hybridized carbons (Fsp3) is 0.440. The van der Waals surface area contributed by atoms with Gasteiger partial charge in [0.25, 0.3) is 6.47 Å². The standard InChI is InChI=1S/C50H61N7O5S2/c1-6-11-14-15-30-61-37-20-18-36(19-21-37)57(44-28-26-42(63-44)38-22-23-40(50(59)60)48-46(38)51-55(53-48)31-34(9-4)16-12-7-2)45-29-27-43(64-45)39-24-25-41(62-33-58)49-47(39)52-56(54-49)32-35(10-5)17-13-8-3/h18-29,33-35H,6-17,30-32H2,1-5H3,(H,59,60). The van der Waals surface area contributed by atoms with Crippen molar-refractivity contribution in [2.45, 2.75) is 125 Å². The minimum Gasteiger partial charge on any atom is -0.494 e. The van der Waals surface area contributed by atoms with Gasteiger partial charge in [0, 0.05) is 26.6 Å². The number of carbonyl (C=O) groups is 2. The van der Waals surface area contributed by atoms with E-state index in [1.165, 1.54) is 12.8 Å². The molecule has 14 heteroatoms. The first kappa shape index (κ1) is 46.4. The highest BCUT2D eigenvalue weighted by molar-refractivity contribution is 7.21. The lowest BCUT2D eigenvalue weighted by molar-refractivity contribution is -0.120. The molecule has 2 unspecified atom stereocenters. The number of thiophene rings is 2. The maximum Gasteiger partial charge on any atom is 0.338 e. The van der Waals surface area contributed by atoms with Gasteiger partial charge in [0.2, 0.25) is 0 Å². The summed E-state index contributed by atoms with van der Waals surface area (Å²) in [5, 5.41) is 31.7. The molecule has 0 radical (unpaired) electrons. The van der Waals surface area contributed by atoms with E-state index in [0.717, 1.165) is 107 Å². The van der Waals surface area contributed by atoms with Crippen molar-refractivity contribution in [3.8, 4) is 32.4 Å². The van der Waals surface area contributed by atoms with Crippen LogP contribution in [0.4, 0.5) is 15.7 Å². The third-order valence-electron chi connectivity index (χ3n) is 12.0. The van der Waals surface area contributed by atoms with E-state index in [1.54, 1.807) is 44.4 Å². The summed E-state index contributed by atoms with van der Waals surface area (Å²) < 4.78 is 11.5. The number of hydrogen-bond acceptors (Lipinski definition) is 11. The molecule has 0 amide bonds. The highest BCUT2D eigenvalue weighted by Crippen LogP contribution is 2.48. The second-order valence-corrected chi connectivity index (χ2v) is 18.7. The van der Waals surface area contributed by atoms with E-state index in [0.29, 0.717) is 65.8 Å². The van der Waals surface area contributed by atoms with Crippen LogP contribution in [0.1, 0.15) is 122 Å². The highest BCUT2D eigenvalue weighted by Gasteiger charge is 2.24. The van der Waals surface area contributed by atoms with Crippen molar-refractivity contribution >= 4 is 72.9 Å². The number of carboxylic acids is 1. The van der Waals surface area contributed by atoms with Crippen molar-refractivity contribution in [1.29, 1.82) is 0 Å². The number of benzene rings is 3. The first-order valence-corrected chi connectivity index (χ1v) is 24.7. The Balaban J connectivity index is 1.27. The predicted molar refractivity (Wildman–Crippen MR) is 260 cm³/mol. The van der Waals surface area contributed by atoms with Crippen molar-refractivity contribution in [3.05, 3.63) is 78.4 Å². The number of carboxylic acid groups (broad SMARTS) is 1. The summed E-state index contributed by atoms with van der Waals surface area (Å²) in [6.45, 7) is 13.4. The number of hydrogen-bond donors (Lipinski definition) is 1. The molecule has 12 nitrogen and oxygen atoms in total. The highest BCUT2D eigenvalue weighted by atomic mass is 32.1. The Morgan fingerprint density at radius 1 is 0.656 bits per heavy atom. The van der Waals surface area contributed by atoms with Crippen LogP contribution in [-0.2, 0) is 17.9 Å². The average Bonchev–Trinajstić information content (AvgIpc) is 4.14. The van der Waals surface area contributed by atoms with Crippen LogP contribution < -0.4 is 14.4 Å². The number of rotatable bonds is 26. The van der Waals surface area contributed by atoms with E-state index in [-0.39, 0.29) is 5.56 Å². The fourth-order valence-corrected chi connectivity index (χ4v) is 10.4. The van der Waals surface area contributed by atoms with Crippen LogP contribution in [0.25, 0.3) is 42.9 Å². The van der Waals surface area contributed by atoms with Crippen LogP contribution in [0.2, 0.25) is 0 Å². The van der Waals surface area contributed by atoms with Gasteiger partial charge >= 0.3 is 5.97 Å². The first-order chi connectivity index (χ1) is 31.3. The molecule has 0 spiro atoms. The smallest absolute Gasteiger partial charge is 0.338 e. The molecule has 7 aromatic rings. The van der Waals surface area contributed by atoms with E-state index in [9.17, 15) is 14.7 Å². The molecular weight excluding hydrogens is 843 g/mol. The van der Waals surface area contributed by atoms with E-state index in [4.69, 9.17) is 29.9 Å². The molecule has 0 bridgehead atoms. The first-order valence-electron chi connectivity index (χ1n) is 23.1. The van der Waals surface area contributed by atoms with Gasteiger partial charge in [0.05, 0.1) is 25.3 Å². The molecule has 0 saturated carbocycles. The second kappa shape index (κ2) is 22.3. The lowest BCUT2D eigenvalue weighted by Crippen LogP contribution is -2.12. The molecule has 2 atom stereocenters. The molecule has 1 N–H and O–H groups in total. The van der Waals surface area contributed by atoms with Gasteiger partial charge in [0.15, 0.2) is 11.3 Å². The Bertz CT molecular complexity index is 2610. The van der Waals surface area contributed by atoms with Crippen LogP contribution in [-0.4, -0.2) is 54.1 Å². The summed E-state index contributed by atoms with van der Waals surface area (Å²) in [7, 11) is 0. The third kappa shape index (κ3) is 10.8. The fourth-order valence-electron chi connectivity index (χ4n) is 8.18. The van der Waals surface area contributed by atoms with Crippen molar-refractivity contribution in [3.63, 3.8) is 0 Å². The second-order valence-electron chi connectivity index (χ2n) is 16.5. The SMILES string of the molecule is CCCCCCOc1ccc(N(c2ccc(-c3ccc(OC=O)c4nn(CC(CC)CCCC)nc34)s2)c2ccc(-c3ccc(C(=O)O)c4nn(CC(CC)CCCC)nc34)s2)cc1.